The Morgan fingerprint density at radius 3 is 1.26 bits per heavy atom. The summed E-state index contributed by atoms with van der Waals surface area (Å²) in [6, 6.07) is 0. The van der Waals surface area contributed by atoms with Crippen LogP contribution in [0.15, 0.2) is 0 Å². The molecule has 0 aliphatic heterocycles. The van der Waals surface area contributed by atoms with Crippen molar-refractivity contribution in [2.24, 2.45) is 0 Å². The molecular formula is C12H23O6V. The third-order valence-corrected chi connectivity index (χ3v) is 2.58. The van der Waals surface area contributed by atoms with Crippen LogP contribution < -0.4 is 15.3 Å². The fourth-order valence-electron chi connectivity index (χ4n) is 0.428. The van der Waals surface area contributed by atoms with Crippen molar-refractivity contribution in [3.05, 3.63) is 0 Å². The van der Waals surface area contributed by atoms with E-state index in [1.807, 2.05) is 0 Å². The molecule has 0 bridgehead atoms. The Labute approximate surface area is 122 Å². The first-order valence-electron chi connectivity index (χ1n) is 5.77. The van der Waals surface area contributed by atoms with Crippen LogP contribution in [0.25, 0.3) is 0 Å². The molecular weight excluding hydrogens is 291 g/mol. The van der Waals surface area contributed by atoms with Crippen molar-refractivity contribution in [3.63, 3.8) is 0 Å². The molecule has 112 valence electrons. The summed E-state index contributed by atoms with van der Waals surface area (Å²) in [5, 5.41) is 29.7. The molecule has 19 heavy (non-hydrogen) atoms. The van der Waals surface area contributed by atoms with Crippen molar-refractivity contribution in [2.75, 3.05) is 0 Å². The Kier molecular flexibility index (Phi) is 36.0. The second kappa shape index (κ2) is 25.7. The first-order valence-corrected chi connectivity index (χ1v) is 7.75. The molecule has 0 heterocycles. The summed E-state index contributed by atoms with van der Waals surface area (Å²) >= 11 is 0.740. The number of carboxylic acid groups (broad SMARTS) is 3. The molecule has 0 rings (SSSR count). The third kappa shape index (κ3) is 426. The van der Waals surface area contributed by atoms with Crippen LogP contribution in [0.5, 0.6) is 0 Å². The molecule has 0 radical (unpaired) electrons. The number of hydrogen-bond acceptors (Lipinski definition) is 6. The zero-order valence-electron chi connectivity index (χ0n) is 12.2. The van der Waals surface area contributed by atoms with E-state index in [9.17, 15) is 0 Å². The maximum absolute atomic E-state index is 8.89. The Bertz CT molecular complexity index is 174. The van der Waals surface area contributed by atoms with E-state index in [4.69, 9.17) is 29.7 Å². The van der Waals surface area contributed by atoms with Crippen molar-refractivity contribution in [3.8, 4) is 0 Å². The summed E-state index contributed by atoms with van der Waals surface area (Å²) in [5.74, 6) is -3.25. The van der Waals surface area contributed by atoms with Crippen molar-refractivity contribution in [1.29, 1.82) is 0 Å². The number of unbranched alkanes of at least 4 members (excludes halogenated alkanes) is 1. The summed E-state index contributed by atoms with van der Waals surface area (Å²) in [7, 11) is 0. The molecule has 0 spiro atoms. The normalized spacial score (nSPS) is 7.00. The van der Waals surface area contributed by atoms with E-state index < -0.39 is 17.9 Å². The summed E-state index contributed by atoms with van der Waals surface area (Å²) in [4.78, 5) is 26.7. The molecule has 0 aromatic carbocycles. The number of carbonyl (C=O) groups excluding carboxylic acids is 3. The van der Waals surface area contributed by atoms with Crippen LogP contribution in [0.3, 0.4) is 0 Å². The van der Waals surface area contributed by atoms with Gasteiger partial charge in [-0.3, -0.25) is 0 Å². The van der Waals surface area contributed by atoms with Gasteiger partial charge < -0.3 is 29.7 Å². The minimum absolute atomic E-state index is 0.740. The topological polar surface area (TPSA) is 120 Å². The van der Waals surface area contributed by atoms with Crippen LogP contribution in [-0.4, -0.2) is 17.9 Å². The van der Waals surface area contributed by atoms with E-state index in [2.05, 4.69) is 13.8 Å². The van der Waals surface area contributed by atoms with Gasteiger partial charge in [0.25, 0.3) is 0 Å². The van der Waals surface area contributed by atoms with Crippen molar-refractivity contribution < 1.29 is 46.0 Å². The van der Waals surface area contributed by atoms with E-state index in [1.165, 1.54) is 23.1 Å². The van der Waals surface area contributed by atoms with Crippen LogP contribution in [0.1, 0.15) is 47.5 Å². The average molecular weight is 314 g/mol. The fraction of sp³-hybridized carbons (Fsp3) is 0.750. The van der Waals surface area contributed by atoms with Crippen LogP contribution in [0.4, 0.5) is 0 Å². The van der Waals surface area contributed by atoms with E-state index in [-0.39, 0.29) is 0 Å². The number of carboxylic acids is 3. The fourth-order valence-corrected chi connectivity index (χ4v) is 1.76. The van der Waals surface area contributed by atoms with E-state index in [0.717, 1.165) is 37.1 Å². The first-order chi connectivity index (χ1) is 8.61. The number of aliphatic carboxylic acids is 3. The Hall–Kier alpha value is -1.01. The predicted octanol–water partition coefficient (Wildman–Crippen LogP) is -1.01. The van der Waals surface area contributed by atoms with Crippen molar-refractivity contribution in [1.82, 2.24) is 0 Å². The molecule has 0 N–H and O–H groups in total. The second-order valence-electron chi connectivity index (χ2n) is 3.09. The summed E-state index contributed by atoms with van der Waals surface area (Å²) < 4.78 is 0. The number of rotatable bonds is 4. The van der Waals surface area contributed by atoms with Gasteiger partial charge in [-0.2, -0.15) is 0 Å². The van der Waals surface area contributed by atoms with E-state index in [0.29, 0.717) is 0 Å². The van der Waals surface area contributed by atoms with Crippen LogP contribution in [-0.2, 0) is 30.7 Å². The molecule has 0 amide bonds. The molecule has 6 nitrogen and oxygen atoms in total. The summed E-state index contributed by atoms with van der Waals surface area (Å²) in [5.41, 5.74) is 0. The van der Waals surface area contributed by atoms with Gasteiger partial charge in [0.15, 0.2) is 0 Å². The van der Waals surface area contributed by atoms with Gasteiger partial charge in [0, 0.05) is 17.9 Å². The third-order valence-electron chi connectivity index (χ3n) is 0.893. The molecule has 0 aliphatic carbocycles. The second-order valence-corrected chi connectivity index (χ2v) is 5.48. The predicted molar refractivity (Wildman–Crippen MR) is 62.2 cm³/mol. The van der Waals surface area contributed by atoms with Gasteiger partial charge >= 0.3 is 53.2 Å². The molecule has 7 heteroatoms. The van der Waals surface area contributed by atoms with Gasteiger partial charge in [-0.05, 0) is 20.8 Å². The van der Waals surface area contributed by atoms with Crippen molar-refractivity contribution >= 4 is 17.9 Å². The maximum atomic E-state index is 8.89. The average Bonchev–Trinajstić information content (AvgIpc) is 2.15. The van der Waals surface area contributed by atoms with Crippen LogP contribution in [0.2, 0.25) is 10.3 Å². The Morgan fingerprint density at radius 1 is 0.842 bits per heavy atom. The molecule has 0 aromatic heterocycles. The Morgan fingerprint density at radius 2 is 1.11 bits per heavy atom. The molecule has 0 unspecified atom stereocenters. The van der Waals surface area contributed by atoms with Crippen LogP contribution in [0, 0.1) is 0 Å². The SMILES string of the molecule is CC(=O)[O-].CC(=O)[O-].CC(=O)[O-].CCC[CH2][V+3][CH2]C. The van der Waals surface area contributed by atoms with Gasteiger partial charge in [-0.25, -0.2) is 0 Å². The molecule has 0 fully saturated rings. The zero-order chi connectivity index (χ0) is 16.3. The minimum atomic E-state index is -1.08. The van der Waals surface area contributed by atoms with Crippen LogP contribution >= 0.6 is 0 Å². The zero-order valence-corrected chi connectivity index (χ0v) is 13.6. The molecule has 0 saturated heterocycles. The number of carbonyl (C=O) groups is 3. The van der Waals surface area contributed by atoms with Gasteiger partial charge in [0.1, 0.15) is 0 Å². The molecule has 0 atom stereocenters. The van der Waals surface area contributed by atoms with Gasteiger partial charge in [0.2, 0.25) is 0 Å². The van der Waals surface area contributed by atoms with Gasteiger partial charge in [-0.15, -0.1) is 0 Å². The van der Waals surface area contributed by atoms with E-state index in [1.54, 1.807) is 0 Å². The monoisotopic (exact) mass is 314 g/mol. The number of hydrogen-bond donors (Lipinski definition) is 0. The first kappa shape index (κ1) is 26.5. The van der Waals surface area contributed by atoms with Gasteiger partial charge in [-0.1, -0.05) is 0 Å². The standard InChI is InChI=1S/C4H9.3C2H4O2.C2H5.V/c1-3-4-2;3*1-2(3)4;1-2;/h1,3-4H2,2H3;3*1H3,(H,3,4);1H2,2H3;/q;;;;;+3/p-3. The Balaban J connectivity index is -0.0000000825. The van der Waals surface area contributed by atoms with Crippen molar-refractivity contribution in [2.45, 2.75) is 57.7 Å². The summed E-state index contributed by atoms with van der Waals surface area (Å²) in [6.07, 6.45) is 2.85. The van der Waals surface area contributed by atoms with E-state index >= 15 is 0 Å². The molecule has 0 aliphatic rings. The molecule has 0 aromatic rings. The molecule has 0 saturated carbocycles. The summed E-state index contributed by atoms with van der Waals surface area (Å²) in [6.45, 7) is 7.46. The van der Waals surface area contributed by atoms with Gasteiger partial charge in [0.05, 0.1) is 0 Å². The quantitative estimate of drug-likeness (QED) is 0.613.